The van der Waals surface area contributed by atoms with Crippen LogP contribution in [-0.2, 0) is 9.84 Å². The standard InChI is InChI=1S/C13H15N3O4S/c1-21(19,20)13-4-2-3-11(13)15-10-6-5-9(8-14)7-12(10)16(17)18/h5-7,11,13,15H,2-4H2,1H3. The zero-order chi connectivity index (χ0) is 15.6. The summed E-state index contributed by atoms with van der Waals surface area (Å²) in [5.74, 6) is 0. The number of anilines is 1. The van der Waals surface area contributed by atoms with Gasteiger partial charge in [0.25, 0.3) is 5.69 Å². The Bertz CT molecular complexity index is 709. The first-order valence-electron chi connectivity index (χ1n) is 6.47. The van der Waals surface area contributed by atoms with E-state index in [4.69, 9.17) is 5.26 Å². The first-order chi connectivity index (χ1) is 9.82. The highest BCUT2D eigenvalue weighted by Crippen LogP contribution is 2.32. The van der Waals surface area contributed by atoms with Crippen LogP contribution in [0.25, 0.3) is 0 Å². The Morgan fingerprint density at radius 1 is 1.43 bits per heavy atom. The van der Waals surface area contributed by atoms with Crippen LogP contribution >= 0.6 is 0 Å². The third-order valence-corrected chi connectivity index (χ3v) is 5.33. The quantitative estimate of drug-likeness (QED) is 0.670. The van der Waals surface area contributed by atoms with E-state index in [2.05, 4.69) is 5.32 Å². The molecule has 1 fully saturated rings. The summed E-state index contributed by atoms with van der Waals surface area (Å²) in [6.07, 6.45) is 3.15. The maximum absolute atomic E-state index is 11.7. The lowest BCUT2D eigenvalue weighted by atomic mass is 10.1. The molecule has 8 heteroatoms. The van der Waals surface area contributed by atoms with Gasteiger partial charge in [0.1, 0.15) is 5.69 Å². The summed E-state index contributed by atoms with van der Waals surface area (Å²) in [7, 11) is -3.20. The molecule has 1 aromatic rings. The second kappa shape index (κ2) is 5.69. The van der Waals surface area contributed by atoms with Gasteiger partial charge in [-0.25, -0.2) is 8.42 Å². The van der Waals surface area contributed by atoms with Crippen LogP contribution in [0.4, 0.5) is 11.4 Å². The molecule has 21 heavy (non-hydrogen) atoms. The molecule has 0 aromatic heterocycles. The maximum atomic E-state index is 11.7. The van der Waals surface area contributed by atoms with Crippen molar-refractivity contribution in [3.63, 3.8) is 0 Å². The Morgan fingerprint density at radius 2 is 2.14 bits per heavy atom. The third kappa shape index (κ3) is 3.31. The third-order valence-electron chi connectivity index (χ3n) is 3.67. The molecule has 1 aromatic carbocycles. The lowest BCUT2D eigenvalue weighted by Gasteiger charge is -2.20. The summed E-state index contributed by atoms with van der Waals surface area (Å²) in [5.41, 5.74) is 0.228. The van der Waals surface area contributed by atoms with Crippen LogP contribution in [-0.4, -0.2) is 30.9 Å². The van der Waals surface area contributed by atoms with Crippen molar-refractivity contribution in [3.05, 3.63) is 33.9 Å². The van der Waals surface area contributed by atoms with Gasteiger partial charge in [-0.3, -0.25) is 10.1 Å². The molecule has 0 spiro atoms. The first-order valence-corrected chi connectivity index (χ1v) is 8.42. The van der Waals surface area contributed by atoms with Crippen molar-refractivity contribution >= 4 is 21.2 Å². The number of benzene rings is 1. The molecule has 1 aliphatic carbocycles. The molecule has 0 saturated heterocycles. The SMILES string of the molecule is CS(=O)(=O)C1CCCC1Nc1ccc(C#N)cc1[N+](=O)[O-]. The van der Waals surface area contributed by atoms with Gasteiger partial charge in [0.2, 0.25) is 0 Å². The highest BCUT2D eigenvalue weighted by molar-refractivity contribution is 7.91. The summed E-state index contributed by atoms with van der Waals surface area (Å²) in [6, 6.07) is 5.62. The summed E-state index contributed by atoms with van der Waals surface area (Å²) in [6.45, 7) is 0. The van der Waals surface area contributed by atoms with E-state index in [1.165, 1.54) is 24.5 Å². The van der Waals surface area contributed by atoms with E-state index in [0.29, 0.717) is 12.8 Å². The zero-order valence-electron chi connectivity index (χ0n) is 11.4. The molecular weight excluding hydrogens is 294 g/mol. The summed E-state index contributed by atoms with van der Waals surface area (Å²) in [5, 5.41) is 22.3. The van der Waals surface area contributed by atoms with Gasteiger partial charge < -0.3 is 5.32 Å². The highest BCUT2D eigenvalue weighted by Gasteiger charge is 2.35. The zero-order valence-corrected chi connectivity index (χ0v) is 12.3. The lowest BCUT2D eigenvalue weighted by molar-refractivity contribution is -0.384. The molecule has 1 aliphatic rings. The van der Waals surface area contributed by atoms with Crippen LogP contribution in [0.2, 0.25) is 0 Å². The number of nitrogens with zero attached hydrogens (tertiary/aromatic N) is 2. The van der Waals surface area contributed by atoms with E-state index in [9.17, 15) is 18.5 Å². The smallest absolute Gasteiger partial charge is 0.293 e. The van der Waals surface area contributed by atoms with Gasteiger partial charge in [-0.2, -0.15) is 5.26 Å². The number of nitriles is 1. The van der Waals surface area contributed by atoms with Crippen molar-refractivity contribution in [2.75, 3.05) is 11.6 Å². The fraction of sp³-hybridized carbons (Fsp3) is 0.462. The van der Waals surface area contributed by atoms with E-state index in [-0.39, 0.29) is 23.0 Å². The summed E-state index contributed by atoms with van der Waals surface area (Å²) >= 11 is 0. The molecule has 0 bridgehead atoms. The van der Waals surface area contributed by atoms with Crippen molar-refractivity contribution < 1.29 is 13.3 Å². The number of sulfone groups is 1. The van der Waals surface area contributed by atoms with E-state index in [0.717, 1.165) is 6.42 Å². The molecule has 0 radical (unpaired) electrons. The number of hydrogen-bond donors (Lipinski definition) is 1. The monoisotopic (exact) mass is 309 g/mol. The second-order valence-electron chi connectivity index (χ2n) is 5.15. The number of nitro groups is 1. The maximum Gasteiger partial charge on any atom is 0.293 e. The molecule has 7 nitrogen and oxygen atoms in total. The van der Waals surface area contributed by atoms with Crippen LogP contribution in [0.5, 0.6) is 0 Å². The molecule has 2 rings (SSSR count). The lowest BCUT2D eigenvalue weighted by Crippen LogP contribution is -2.34. The highest BCUT2D eigenvalue weighted by atomic mass is 32.2. The molecule has 2 atom stereocenters. The fourth-order valence-electron chi connectivity index (χ4n) is 2.68. The van der Waals surface area contributed by atoms with Crippen molar-refractivity contribution in [1.82, 2.24) is 0 Å². The van der Waals surface area contributed by atoms with Crippen LogP contribution < -0.4 is 5.32 Å². The van der Waals surface area contributed by atoms with Gasteiger partial charge in [-0.15, -0.1) is 0 Å². The molecule has 2 unspecified atom stereocenters. The van der Waals surface area contributed by atoms with Gasteiger partial charge in [0.15, 0.2) is 9.84 Å². The van der Waals surface area contributed by atoms with Crippen LogP contribution in [0.15, 0.2) is 18.2 Å². The fourth-order valence-corrected chi connectivity index (χ4v) is 4.07. The molecule has 1 saturated carbocycles. The topological polar surface area (TPSA) is 113 Å². The minimum atomic E-state index is -3.20. The molecule has 112 valence electrons. The number of hydrogen-bond acceptors (Lipinski definition) is 6. The first kappa shape index (κ1) is 15.3. The van der Waals surface area contributed by atoms with Crippen molar-refractivity contribution in [3.8, 4) is 6.07 Å². The minimum Gasteiger partial charge on any atom is -0.375 e. The van der Waals surface area contributed by atoms with Gasteiger partial charge in [-0.1, -0.05) is 0 Å². The van der Waals surface area contributed by atoms with E-state index >= 15 is 0 Å². The Balaban J connectivity index is 2.31. The average Bonchev–Trinajstić information content (AvgIpc) is 2.87. The van der Waals surface area contributed by atoms with Crippen molar-refractivity contribution in [1.29, 1.82) is 5.26 Å². The van der Waals surface area contributed by atoms with E-state index in [1.807, 2.05) is 6.07 Å². The van der Waals surface area contributed by atoms with Crippen LogP contribution in [0, 0.1) is 21.4 Å². The molecule has 1 N–H and O–H groups in total. The molecular formula is C13H15N3O4S. The van der Waals surface area contributed by atoms with Gasteiger partial charge in [-0.05, 0) is 31.4 Å². The minimum absolute atomic E-state index is 0.193. The molecule has 0 amide bonds. The van der Waals surface area contributed by atoms with E-state index < -0.39 is 20.0 Å². The summed E-state index contributed by atoms with van der Waals surface area (Å²) in [4.78, 5) is 10.5. The normalized spacial score (nSPS) is 21.7. The second-order valence-corrected chi connectivity index (χ2v) is 7.42. The molecule has 0 heterocycles. The van der Waals surface area contributed by atoms with Gasteiger partial charge >= 0.3 is 0 Å². The van der Waals surface area contributed by atoms with Crippen molar-refractivity contribution in [2.24, 2.45) is 0 Å². The number of rotatable bonds is 4. The molecule has 0 aliphatic heterocycles. The number of nitro benzene ring substituents is 1. The van der Waals surface area contributed by atoms with Crippen LogP contribution in [0.3, 0.4) is 0 Å². The van der Waals surface area contributed by atoms with Crippen molar-refractivity contribution in [2.45, 2.75) is 30.6 Å². The predicted octanol–water partition coefficient (Wildman–Crippen LogP) is 1.84. The average molecular weight is 309 g/mol. The summed E-state index contributed by atoms with van der Waals surface area (Å²) < 4.78 is 23.5. The Hall–Kier alpha value is -2.14. The number of nitrogens with one attached hydrogen (secondary N) is 1. The Labute approximate surface area is 122 Å². The van der Waals surface area contributed by atoms with E-state index in [1.54, 1.807) is 0 Å². The largest absolute Gasteiger partial charge is 0.375 e. The van der Waals surface area contributed by atoms with Crippen LogP contribution in [0.1, 0.15) is 24.8 Å². The predicted molar refractivity (Wildman–Crippen MR) is 77.7 cm³/mol. The Kier molecular flexibility index (Phi) is 4.14. The van der Waals surface area contributed by atoms with Gasteiger partial charge in [0.05, 0.1) is 21.8 Å². The van der Waals surface area contributed by atoms with Gasteiger partial charge in [0, 0.05) is 18.4 Å². The Morgan fingerprint density at radius 3 is 2.71 bits per heavy atom.